The van der Waals surface area contributed by atoms with Gasteiger partial charge in [-0.2, -0.15) is 39.5 Å². The second-order valence-corrected chi connectivity index (χ2v) is 10.6. The van der Waals surface area contributed by atoms with Gasteiger partial charge in [0, 0.05) is 49.9 Å². The van der Waals surface area contributed by atoms with Crippen LogP contribution in [0, 0.1) is 17.3 Å². The fraction of sp³-hybridized carbons (Fsp3) is 0.692. The normalized spacial score (nSPS) is 22.0. The average Bonchev–Trinajstić information content (AvgIpc) is 3.55. The highest BCUT2D eigenvalue weighted by molar-refractivity contribution is 5.73. The van der Waals surface area contributed by atoms with Gasteiger partial charge in [0.25, 0.3) is 0 Å². The van der Waals surface area contributed by atoms with Crippen molar-refractivity contribution >= 4 is 17.9 Å². The number of pyridine rings is 1. The first-order valence-electron chi connectivity index (χ1n) is 13.4. The summed E-state index contributed by atoms with van der Waals surface area (Å²) in [5.74, 6) is -6.59. The van der Waals surface area contributed by atoms with Gasteiger partial charge < -0.3 is 29.9 Å². The quantitative estimate of drug-likeness (QED) is 0.354. The number of nitrogens with zero attached hydrogens (tertiary/aromatic N) is 3. The summed E-state index contributed by atoms with van der Waals surface area (Å²) in [6.07, 6.45) is -7.24. The molecule has 45 heavy (non-hydrogen) atoms. The van der Waals surface area contributed by atoms with Gasteiger partial charge in [-0.25, -0.2) is 14.4 Å². The van der Waals surface area contributed by atoms with Crippen molar-refractivity contribution in [3.8, 4) is 0 Å². The van der Waals surface area contributed by atoms with E-state index in [2.05, 4.69) is 27.8 Å². The molecule has 10 nitrogen and oxygen atoms in total. The monoisotopic (exact) mass is 671 g/mol. The molecule has 19 heteroatoms. The molecule has 1 spiro atoms. The van der Waals surface area contributed by atoms with Gasteiger partial charge in [-0.05, 0) is 49.9 Å². The van der Waals surface area contributed by atoms with Gasteiger partial charge in [0.15, 0.2) is 0 Å². The number of hydrogen-bond donors (Lipinski definition) is 3. The lowest BCUT2D eigenvalue weighted by Crippen LogP contribution is -2.36. The Morgan fingerprint density at radius 3 is 1.80 bits per heavy atom. The van der Waals surface area contributed by atoms with Crippen molar-refractivity contribution in [1.29, 1.82) is 0 Å². The topological polar surface area (TPSA) is 140 Å². The molecule has 3 fully saturated rings. The summed E-state index contributed by atoms with van der Waals surface area (Å²) in [7, 11) is 0. The Hall–Kier alpha value is -3.19. The Labute approximate surface area is 251 Å². The first-order chi connectivity index (χ1) is 20.6. The number of hydrogen-bond acceptors (Lipinski definition) is 7. The van der Waals surface area contributed by atoms with Crippen molar-refractivity contribution in [1.82, 2.24) is 14.8 Å². The molecule has 3 heterocycles. The molecule has 0 radical (unpaired) electrons. The Bertz CT molecular complexity index is 1030. The third-order valence-electron chi connectivity index (χ3n) is 7.05. The van der Waals surface area contributed by atoms with Crippen LogP contribution in [-0.4, -0.2) is 112 Å². The summed E-state index contributed by atoms with van der Waals surface area (Å²) in [4.78, 5) is 36.2. The number of aliphatic carboxylic acids is 3. The van der Waals surface area contributed by atoms with Gasteiger partial charge in [-0.15, -0.1) is 0 Å². The maximum atomic E-state index is 10.6. The number of alkyl halides is 9. The molecule has 2 saturated heterocycles. The first kappa shape index (κ1) is 39.8. The highest BCUT2D eigenvalue weighted by atomic mass is 19.4. The van der Waals surface area contributed by atoms with Crippen LogP contribution in [0.25, 0.3) is 0 Å². The minimum atomic E-state index is -5.08. The molecule has 2 aliphatic heterocycles. The Balaban J connectivity index is 0.000000396. The number of likely N-dealkylation sites (tertiary alicyclic amines) is 2. The van der Waals surface area contributed by atoms with Crippen molar-refractivity contribution in [3.05, 3.63) is 30.1 Å². The van der Waals surface area contributed by atoms with Gasteiger partial charge in [-0.3, -0.25) is 4.98 Å². The van der Waals surface area contributed by atoms with Crippen LogP contribution in [0.2, 0.25) is 0 Å². The summed E-state index contributed by atoms with van der Waals surface area (Å²) in [5.41, 5.74) is 1.65. The smallest absolute Gasteiger partial charge is 0.475 e. The number of carboxylic acids is 3. The summed E-state index contributed by atoms with van der Waals surface area (Å²) in [5, 5.41) is 21.4. The summed E-state index contributed by atoms with van der Waals surface area (Å²) < 4.78 is 101. The fourth-order valence-corrected chi connectivity index (χ4v) is 4.69. The lowest BCUT2D eigenvalue weighted by atomic mass is 9.77. The molecule has 1 aliphatic carbocycles. The van der Waals surface area contributed by atoms with Crippen molar-refractivity contribution in [2.75, 3.05) is 45.9 Å². The predicted molar refractivity (Wildman–Crippen MR) is 137 cm³/mol. The lowest BCUT2D eigenvalue weighted by Gasteiger charge is -2.30. The van der Waals surface area contributed by atoms with Crippen LogP contribution in [0.15, 0.2) is 24.5 Å². The van der Waals surface area contributed by atoms with Gasteiger partial charge in [-0.1, -0.05) is 13.0 Å². The lowest BCUT2D eigenvalue weighted by molar-refractivity contribution is -0.193. The third kappa shape index (κ3) is 15.1. The standard InChI is InChI=1S/C20H31N3O.3C2HF3O2/c1-2-22-12-19(14-24-13-18-4-3-8-21-10-18)20(15-22)7-9-23(16-20)11-17-5-6-17;3*3-2(4,5)1(6)7/h3-4,8,10,17,19H,2,5-7,9,11-16H2,1H3;3*(H,6,7)/t19-,20-;;;/m1.../s1. The summed E-state index contributed by atoms with van der Waals surface area (Å²) in [6, 6.07) is 4.09. The molecular weight excluding hydrogens is 637 g/mol. The molecule has 0 aromatic carbocycles. The zero-order chi connectivity index (χ0) is 34.6. The van der Waals surface area contributed by atoms with E-state index in [1.165, 1.54) is 64.1 Å². The van der Waals surface area contributed by atoms with Crippen LogP contribution < -0.4 is 0 Å². The van der Waals surface area contributed by atoms with E-state index in [4.69, 9.17) is 34.4 Å². The van der Waals surface area contributed by atoms with E-state index in [1.54, 1.807) is 0 Å². The predicted octanol–water partition coefficient (Wildman–Crippen LogP) is 4.55. The Kier molecular flexibility index (Phi) is 15.0. The van der Waals surface area contributed by atoms with Crippen molar-refractivity contribution in [3.63, 3.8) is 0 Å². The van der Waals surface area contributed by atoms with Crippen molar-refractivity contribution in [2.24, 2.45) is 17.3 Å². The number of carboxylic acid groups (broad SMARTS) is 3. The first-order valence-corrected chi connectivity index (χ1v) is 13.4. The molecule has 258 valence electrons. The zero-order valence-electron chi connectivity index (χ0n) is 24.0. The molecule has 2 atom stereocenters. The molecular formula is C26H34F9N3O7. The molecule has 0 unspecified atom stereocenters. The van der Waals surface area contributed by atoms with Gasteiger partial charge in [0.05, 0.1) is 13.2 Å². The van der Waals surface area contributed by atoms with E-state index < -0.39 is 36.4 Å². The minimum Gasteiger partial charge on any atom is -0.475 e. The Morgan fingerprint density at radius 1 is 0.911 bits per heavy atom. The molecule has 0 bridgehead atoms. The number of ether oxygens (including phenoxy) is 1. The number of aromatic nitrogens is 1. The molecule has 0 amide bonds. The zero-order valence-corrected chi connectivity index (χ0v) is 24.0. The van der Waals surface area contributed by atoms with E-state index in [0.717, 1.165) is 12.5 Å². The molecule has 1 saturated carbocycles. The van der Waals surface area contributed by atoms with Crippen LogP contribution in [0.4, 0.5) is 39.5 Å². The van der Waals surface area contributed by atoms with E-state index >= 15 is 0 Å². The average molecular weight is 672 g/mol. The SMILES string of the molecule is CCN1C[C@H](COCc2cccnc2)[C@]2(CCN(CC3CC3)C2)C1.O=C(O)C(F)(F)F.O=C(O)C(F)(F)F.O=C(O)C(F)(F)F. The molecule has 4 rings (SSSR count). The minimum absolute atomic E-state index is 0.472. The largest absolute Gasteiger partial charge is 0.490 e. The van der Waals surface area contributed by atoms with Crippen LogP contribution in [0.3, 0.4) is 0 Å². The summed E-state index contributed by atoms with van der Waals surface area (Å²) in [6.45, 7) is 11.5. The van der Waals surface area contributed by atoms with Crippen molar-refractivity contribution < 1.29 is 74.0 Å². The third-order valence-corrected chi connectivity index (χ3v) is 7.05. The van der Waals surface area contributed by atoms with Crippen LogP contribution in [0.5, 0.6) is 0 Å². The number of rotatable bonds is 7. The van der Waals surface area contributed by atoms with E-state index in [1.807, 2.05) is 18.5 Å². The highest BCUT2D eigenvalue weighted by Gasteiger charge is 2.50. The van der Waals surface area contributed by atoms with Crippen LogP contribution >= 0.6 is 0 Å². The van der Waals surface area contributed by atoms with Gasteiger partial charge in [0.1, 0.15) is 0 Å². The Morgan fingerprint density at radius 2 is 1.40 bits per heavy atom. The molecule has 3 N–H and O–H groups in total. The second kappa shape index (κ2) is 16.9. The molecule has 1 aromatic heterocycles. The van der Waals surface area contributed by atoms with Crippen molar-refractivity contribution in [2.45, 2.75) is 51.3 Å². The van der Waals surface area contributed by atoms with Crippen LogP contribution in [0.1, 0.15) is 31.7 Å². The van der Waals surface area contributed by atoms with E-state index in [-0.39, 0.29) is 0 Å². The number of carbonyl (C=O) groups is 3. The summed E-state index contributed by atoms with van der Waals surface area (Å²) >= 11 is 0. The van der Waals surface area contributed by atoms with Gasteiger partial charge in [0.2, 0.25) is 0 Å². The molecule has 1 aromatic rings. The van der Waals surface area contributed by atoms with E-state index in [0.29, 0.717) is 17.9 Å². The fourth-order valence-electron chi connectivity index (χ4n) is 4.69. The maximum Gasteiger partial charge on any atom is 0.490 e. The maximum absolute atomic E-state index is 10.6. The number of halogens is 9. The highest BCUT2D eigenvalue weighted by Crippen LogP contribution is 2.45. The van der Waals surface area contributed by atoms with Crippen LogP contribution in [-0.2, 0) is 25.7 Å². The van der Waals surface area contributed by atoms with Gasteiger partial charge >= 0.3 is 36.4 Å². The molecule has 3 aliphatic rings. The van der Waals surface area contributed by atoms with E-state index in [9.17, 15) is 39.5 Å². The second-order valence-electron chi connectivity index (χ2n) is 10.6.